The zero-order valence-corrected chi connectivity index (χ0v) is 12.7. The van der Waals surface area contributed by atoms with Gasteiger partial charge in [0.25, 0.3) is 0 Å². The first-order valence-corrected chi connectivity index (χ1v) is 7.08. The molecule has 0 atom stereocenters. The molecule has 7 nitrogen and oxygen atoms in total. The van der Waals surface area contributed by atoms with Crippen LogP contribution in [-0.4, -0.2) is 35.2 Å². The van der Waals surface area contributed by atoms with Gasteiger partial charge in [0.15, 0.2) is 0 Å². The van der Waals surface area contributed by atoms with E-state index in [-0.39, 0.29) is 0 Å². The largest absolute Gasteiger partial charge is 0.467 e. The molecule has 0 fully saturated rings. The predicted molar refractivity (Wildman–Crippen MR) is 80.6 cm³/mol. The van der Waals surface area contributed by atoms with Crippen molar-refractivity contribution in [2.24, 2.45) is 0 Å². The Morgan fingerprint density at radius 2 is 2.14 bits per heavy atom. The van der Waals surface area contributed by atoms with E-state index in [4.69, 9.17) is 9.15 Å². The van der Waals surface area contributed by atoms with E-state index < -0.39 is 0 Å². The second kappa shape index (κ2) is 7.47. The smallest absolute Gasteiger partial charge is 0.322 e. The number of ether oxygens (including phenoxy) is 1. The molecule has 0 radical (unpaired) electrons. The molecule has 2 aromatic rings. The van der Waals surface area contributed by atoms with Gasteiger partial charge in [-0.1, -0.05) is 6.92 Å². The summed E-state index contributed by atoms with van der Waals surface area (Å²) < 4.78 is 10.5. The number of rotatable bonds is 8. The van der Waals surface area contributed by atoms with Gasteiger partial charge in [0.1, 0.15) is 5.76 Å². The maximum Gasteiger partial charge on any atom is 0.322 e. The molecular weight excluding hydrogens is 270 g/mol. The lowest BCUT2D eigenvalue weighted by atomic mass is 10.4. The monoisotopic (exact) mass is 291 g/mol. The quantitative estimate of drug-likeness (QED) is 0.799. The third-order valence-corrected chi connectivity index (χ3v) is 2.91. The Balaban J connectivity index is 2.22. The fourth-order valence-electron chi connectivity index (χ4n) is 1.81. The summed E-state index contributed by atoms with van der Waals surface area (Å²) in [5.74, 6) is 1.95. The second-order valence-electron chi connectivity index (χ2n) is 4.47. The zero-order valence-electron chi connectivity index (χ0n) is 12.7. The van der Waals surface area contributed by atoms with Gasteiger partial charge < -0.3 is 19.4 Å². The van der Waals surface area contributed by atoms with Gasteiger partial charge in [-0.2, -0.15) is 15.0 Å². The Bertz CT molecular complexity index is 544. The zero-order chi connectivity index (χ0) is 15.1. The number of methoxy groups -OCH3 is 1. The van der Waals surface area contributed by atoms with E-state index >= 15 is 0 Å². The van der Waals surface area contributed by atoms with Crippen molar-refractivity contribution in [1.82, 2.24) is 15.0 Å². The van der Waals surface area contributed by atoms with Crippen LogP contribution in [0, 0.1) is 0 Å². The van der Waals surface area contributed by atoms with Crippen LogP contribution in [0.15, 0.2) is 22.8 Å². The molecule has 0 saturated carbocycles. The average molecular weight is 291 g/mol. The van der Waals surface area contributed by atoms with Crippen molar-refractivity contribution >= 4 is 11.9 Å². The van der Waals surface area contributed by atoms with E-state index in [9.17, 15) is 0 Å². The second-order valence-corrected chi connectivity index (χ2v) is 4.47. The first kappa shape index (κ1) is 15.1. The number of nitrogens with one attached hydrogen (secondary N) is 1. The van der Waals surface area contributed by atoms with Gasteiger partial charge in [0.2, 0.25) is 11.9 Å². The third kappa shape index (κ3) is 4.08. The van der Waals surface area contributed by atoms with Crippen LogP contribution >= 0.6 is 0 Å². The van der Waals surface area contributed by atoms with Gasteiger partial charge in [-0.3, -0.25) is 0 Å². The molecule has 0 aliphatic heterocycles. The van der Waals surface area contributed by atoms with Crippen molar-refractivity contribution in [3.63, 3.8) is 0 Å². The van der Waals surface area contributed by atoms with Crippen LogP contribution in [0.3, 0.4) is 0 Å². The summed E-state index contributed by atoms with van der Waals surface area (Å²) in [4.78, 5) is 15.0. The van der Waals surface area contributed by atoms with Crippen LogP contribution in [0.5, 0.6) is 6.01 Å². The molecule has 114 valence electrons. The van der Waals surface area contributed by atoms with E-state index in [0.29, 0.717) is 24.5 Å². The SMILES string of the molecule is CCCNc1nc(OC)nc(N(CC)Cc2ccco2)n1. The minimum atomic E-state index is 0.302. The average Bonchev–Trinajstić information content (AvgIpc) is 3.03. The molecule has 0 bridgehead atoms. The van der Waals surface area contributed by atoms with Crippen LogP contribution in [-0.2, 0) is 6.54 Å². The van der Waals surface area contributed by atoms with Crippen LogP contribution < -0.4 is 15.0 Å². The van der Waals surface area contributed by atoms with Gasteiger partial charge in [-0.15, -0.1) is 0 Å². The van der Waals surface area contributed by atoms with E-state index in [0.717, 1.165) is 25.3 Å². The summed E-state index contributed by atoms with van der Waals surface area (Å²) in [6.07, 6.45) is 2.65. The molecule has 7 heteroatoms. The lowest BCUT2D eigenvalue weighted by Crippen LogP contribution is -2.25. The molecule has 0 saturated heterocycles. The molecule has 0 unspecified atom stereocenters. The summed E-state index contributed by atoms with van der Waals surface area (Å²) in [6.45, 7) is 6.28. The fraction of sp³-hybridized carbons (Fsp3) is 0.500. The van der Waals surface area contributed by atoms with Gasteiger partial charge >= 0.3 is 6.01 Å². The van der Waals surface area contributed by atoms with Crippen LogP contribution in [0.1, 0.15) is 26.0 Å². The predicted octanol–water partition coefficient (Wildman–Crippen LogP) is 2.32. The summed E-state index contributed by atoms with van der Waals surface area (Å²) in [7, 11) is 1.55. The van der Waals surface area contributed by atoms with Crippen LogP contribution in [0.2, 0.25) is 0 Å². The standard InChI is InChI=1S/C14H21N5O2/c1-4-8-15-12-16-13(18-14(17-12)20-3)19(5-2)10-11-7-6-9-21-11/h6-7,9H,4-5,8,10H2,1-3H3,(H,15,16,17,18). The van der Waals surface area contributed by atoms with Crippen molar-refractivity contribution < 1.29 is 9.15 Å². The Kier molecular flexibility index (Phi) is 5.36. The topological polar surface area (TPSA) is 76.3 Å². The van der Waals surface area contributed by atoms with Crippen molar-refractivity contribution in [2.45, 2.75) is 26.8 Å². The molecule has 0 aromatic carbocycles. The number of furan rings is 1. The van der Waals surface area contributed by atoms with E-state index in [1.165, 1.54) is 0 Å². The van der Waals surface area contributed by atoms with Crippen molar-refractivity contribution in [1.29, 1.82) is 0 Å². The maximum atomic E-state index is 5.38. The normalized spacial score (nSPS) is 10.4. The molecule has 0 aliphatic rings. The van der Waals surface area contributed by atoms with Gasteiger partial charge in [-0.05, 0) is 25.5 Å². The minimum absolute atomic E-state index is 0.302. The first-order chi connectivity index (χ1) is 10.3. The fourth-order valence-corrected chi connectivity index (χ4v) is 1.81. The summed E-state index contributed by atoms with van der Waals surface area (Å²) >= 11 is 0. The van der Waals surface area contributed by atoms with E-state index in [2.05, 4.69) is 27.2 Å². The molecule has 0 aliphatic carbocycles. The maximum absolute atomic E-state index is 5.38. The lowest BCUT2D eigenvalue weighted by molar-refractivity contribution is 0.378. The molecule has 21 heavy (non-hydrogen) atoms. The number of hydrogen-bond acceptors (Lipinski definition) is 7. The Labute approximate surface area is 124 Å². The van der Waals surface area contributed by atoms with Crippen LogP contribution in [0.25, 0.3) is 0 Å². The summed E-state index contributed by atoms with van der Waals surface area (Å²) in [6, 6.07) is 4.10. The van der Waals surface area contributed by atoms with Crippen molar-refractivity contribution in [3.8, 4) is 6.01 Å². The molecule has 0 amide bonds. The molecule has 2 heterocycles. The number of aromatic nitrogens is 3. The molecule has 2 rings (SSSR count). The Hall–Kier alpha value is -2.31. The van der Waals surface area contributed by atoms with E-state index in [1.807, 2.05) is 24.0 Å². The van der Waals surface area contributed by atoms with Gasteiger partial charge in [0.05, 0.1) is 19.9 Å². The van der Waals surface area contributed by atoms with Crippen molar-refractivity contribution in [3.05, 3.63) is 24.2 Å². The summed E-state index contributed by atoms with van der Waals surface area (Å²) in [5.41, 5.74) is 0. The Morgan fingerprint density at radius 1 is 1.29 bits per heavy atom. The van der Waals surface area contributed by atoms with Gasteiger partial charge in [-0.25, -0.2) is 0 Å². The molecular formula is C14H21N5O2. The third-order valence-electron chi connectivity index (χ3n) is 2.91. The molecule has 0 spiro atoms. The Morgan fingerprint density at radius 3 is 2.76 bits per heavy atom. The molecule has 2 aromatic heterocycles. The first-order valence-electron chi connectivity index (χ1n) is 7.08. The van der Waals surface area contributed by atoms with Gasteiger partial charge in [0, 0.05) is 13.1 Å². The highest BCUT2D eigenvalue weighted by Crippen LogP contribution is 2.17. The van der Waals surface area contributed by atoms with Crippen LogP contribution in [0.4, 0.5) is 11.9 Å². The highest BCUT2D eigenvalue weighted by molar-refractivity contribution is 5.38. The number of anilines is 2. The number of hydrogen-bond donors (Lipinski definition) is 1. The highest BCUT2D eigenvalue weighted by atomic mass is 16.5. The summed E-state index contributed by atoms with van der Waals surface area (Å²) in [5, 5.41) is 3.15. The van der Waals surface area contributed by atoms with Crippen molar-refractivity contribution in [2.75, 3.05) is 30.4 Å². The van der Waals surface area contributed by atoms with E-state index in [1.54, 1.807) is 13.4 Å². The number of nitrogens with zero attached hydrogens (tertiary/aromatic N) is 4. The minimum Gasteiger partial charge on any atom is -0.467 e. The lowest BCUT2D eigenvalue weighted by Gasteiger charge is -2.20. The molecule has 1 N–H and O–H groups in total. The highest BCUT2D eigenvalue weighted by Gasteiger charge is 2.14.